The lowest BCUT2D eigenvalue weighted by Gasteiger charge is -2.20. The number of hydrogen-bond acceptors (Lipinski definition) is 11. The van der Waals surface area contributed by atoms with Gasteiger partial charge in [0.2, 0.25) is 0 Å². The average molecular weight is 937 g/mol. The molecular weight excluding hydrogens is 850 g/mol. The van der Waals surface area contributed by atoms with Crippen LogP contribution < -0.4 is 0 Å². The number of phosphoric acid groups is 2. The Labute approximate surface area is 380 Å². The van der Waals surface area contributed by atoms with Gasteiger partial charge in [0.1, 0.15) is 12.7 Å². The number of rotatable bonds is 44. The number of carbonyl (C=O) groups is 2. The summed E-state index contributed by atoms with van der Waals surface area (Å²) in [5, 5.41) is 19.8. The molecule has 14 nitrogen and oxygen atoms in total. The molecule has 0 aromatic carbocycles. The molecule has 0 heterocycles. The molecule has 0 radical (unpaired) electrons. The van der Waals surface area contributed by atoms with Gasteiger partial charge in [-0.2, -0.15) is 0 Å². The highest BCUT2D eigenvalue weighted by Gasteiger charge is 2.28. The zero-order valence-corrected chi connectivity index (χ0v) is 40.7. The molecule has 0 fully saturated rings. The molecule has 5 N–H and O–H groups in total. The lowest BCUT2D eigenvalue weighted by molar-refractivity contribution is -0.161. The van der Waals surface area contributed by atoms with Crippen molar-refractivity contribution < 1.29 is 66.7 Å². The summed E-state index contributed by atoms with van der Waals surface area (Å²) in [6.45, 7) is 3.96. The van der Waals surface area contributed by atoms with Crippen LogP contribution >= 0.6 is 15.6 Å². The van der Waals surface area contributed by atoms with Gasteiger partial charge < -0.3 is 34.4 Å². The molecule has 0 aliphatic heterocycles. The Bertz CT molecular complexity index is 1330. The van der Waals surface area contributed by atoms with E-state index < -0.39 is 72.3 Å². The van der Waals surface area contributed by atoms with E-state index in [9.17, 15) is 33.8 Å². The summed E-state index contributed by atoms with van der Waals surface area (Å²) in [4.78, 5) is 52.8. The van der Waals surface area contributed by atoms with Crippen molar-refractivity contribution in [3.63, 3.8) is 0 Å². The molecule has 0 aliphatic rings. The van der Waals surface area contributed by atoms with Crippen molar-refractivity contribution in [2.24, 2.45) is 5.92 Å². The molecule has 0 aromatic heterocycles. The second-order valence-corrected chi connectivity index (χ2v) is 19.2. The molecule has 0 spiro atoms. The summed E-state index contributed by atoms with van der Waals surface area (Å²) >= 11 is 0. The topological polar surface area (TPSA) is 216 Å². The van der Waals surface area contributed by atoms with Gasteiger partial charge >= 0.3 is 27.6 Å². The van der Waals surface area contributed by atoms with Gasteiger partial charge in [-0.3, -0.25) is 23.2 Å². The molecule has 0 aliphatic carbocycles. The first kappa shape index (κ1) is 61.0. The van der Waals surface area contributed by atoms with Gasteiger partial charge in [-0.1, -0.05) is 179 Å². The predicted molar refractivity (Wildman–Crippen MR) is 250 cm³/mol. The summed E-state index contributed by atoms with van der Waals surface area (Å²) in [5.74, 6) is -0.281. The van der Waals surface area contributed by atoms with Crippen LogP contribution in [0.3, 0.4) is 0 Å². The summed E-state index contributed by atoms with van der Waals surface area (Å²) in [6.07, 6.45) is 38.4. The van der Waals surface area contributed by atoms with E-state index in [1.54, 1.807) is 6.08 Å². The highest BCUT2D eigenvalue weighted by atomic mass is 31.2. The van der Waals surface area contributed by atoms with Crippen molar-refractivity contribution in [1.29, 1.82) is 0 Å². The number of ether oxygens (including phenoxy) is 2. The van der Waals surface area contributed by atoms with Crippen LogP contribution in [0.2, 0.25) is 0 Å². The first-order chi connectivity index (χ1) is 30.2. The monoisotopic (exact) mass is 937 g/mol. The van der Waals surface area contributed by atoms with Gasteiger partial charge in [-0.05, 0) is 50.9 Å². The minimum atomic E-state index is -4.88. The highest BCUT2D eigenvalue weighted by Crippen LogP contribution is 2.43. The quantitative estimate of drug-likeness (QED) is 0.0126. The van der Waals surface area contributed by atoms with Crippen molar-refractivity contribution in [2.45, 2.75) is 206 Å². The van der Waals surface area contributed by atoms with Gasteiger partial charge in [0.25, 0.3) is 0 Å². The van der Waals surface area contributed by atoms with E-state index in [1.165, 1.54) is 89.9 Å². The molecule has 0 aromatic rings. The lowest BCUT2D eigenvalue weighted by Crippen LogP contribution is -2.30. The number of esters is 2. The molecule has 5 atom stereocenters. The maximum Gasteiger partial charge on any atom is 0.472 e. The van der Waals surface area contributed by atoms with E-state index >= 15 is 0 Å². The first-order valence-corrected chi connectivity index (χ1v) is 26.9. The van der Waals surface area contributed by atoms with Crippen LogP contribution in [0.15, 0.2) is 48.6 Å². The van der Waals surface area contributed by atoms with Crippen LogP contribution in [-0.4, -0.2) is 81.6 Å². The first-order valence-electron chi connectivity index (χ1n) is 23.8. The Morgan fingerprint density at radius 2 is 1.14 bits per heavy atom. The fraction of sp³-hybridized carbons (Fsp3) is 0.787. The summed E-state index contributed by atoms with van der Waals surface area (Å²) in [6, 6.07) is 0. The van der Waals surface area contributed by atoms with Gasteiger partial charge in [-0.25, -0.2) is 9.13 Å². The largest absolute Gasteiger partial charge is 0.472 e. The van der Waals surface area contributed by atoms with Crippen molar-refractivity contribution >= 4 is 27.6 Å². The summed E-state index contributed by atoms with van der Waals surface area (Å²) in [5.41, 5.74) is 0. The number of unbranched alkanes of at least 4 members (excludes halogenated alkanes) is 17. The fourth-order valence-electron chi connectivity index (χ4n) is 6.28. The Hall–Kier alpha value is -1.96. The van der Waals surface area contributed by atoms with Crippen molar-refractivity contribution in [3.8, 4) is 0 Å². The van der Waals surface area contributed by atoms with E-state index in [1.807, 2.05) is 36.5 Å². The molecule has 0 saturated heterocycles. The number of allylic oxidation sites excluding steroid dienone is 6. The van der Waals surface area contributed by atoms with Crippen molar-refractivity contribution in [1.82, 2.24) is 0 Å². The van der Waals surface area contributed by atoms with E-state index in [-0.39, 0.29) is 12.8 Å². The Balaban J connectivity index is 4.59. The summed E-state index contributed by atoms with van der Waals surface area (Å²) < 4.78 is 47.8. The van der Waals surface area contributed by atoms with Gasteiger partial charge in [0.15, 0.2) is 6.10 Å². The van der Waals surface area contributed by atoms with Crippen LogP contribution in [0, 0.1) is 5.92 Å². The number of phosphoric ester groups is 2. The summed E-state index contributed by atoms with van der Waals surface area (Å²) in [7, 11) is -9.71. The number of aliphatic hydroxyl groups excluding tert-OH is 2. The van der Waals surface area contributed by atoms with E-state index in [0.717, 1.165) is 38.0 Å². The molecule has 16 heteroatoms. The fourth-order valence-corrected chi connectivity index (χ4v) is 7.44. The minimum Gasteiger partial charge on any atom is -0.462 e. The third-order valence-electron chi connectivity index (χ3n) is 10.3. The minimum absolute atomic E-state index is 0.0855. The van der Waals surface area contributed by atoms with Crippen molar-refractivity contribution in [2.75, 3.05) is 26.4 Å². The van der Waals surface area contributed by atoms with Gasteiger partial charge in [0.05, 0.1) is 25.9 Å². The SMILES string of the molecule is CCCCC/C=C\C=C/[C@@H](O)C/C=C\C/C=C/CCCC(=O)OC[C@H](COP(=O)(O)OC[C@@H](O)COP(=O)(O)O)OC(=O)CCCCCCCCCCCCCCCCC(C)CC. The van der Waals surface area contributed by atoms with Crippen LogP contribution in [0.4, 0.5) is 0 Å². The molecule has 0 amide bonds. The molecule has 0 saturated carbocycles. The van der Waals surface area contributed by atoms with Crippen LogP contribution in [0.25, 0.3) is 0 Å². The van der Waals surface area contributed by atoms with Crippen molar-refractivity contribution in [3.05, 3.63) is 48.6 Å². The molecule has 0 bridgehead atoms. The van der Waals surface area contributed by atoms with E-state index in [2.05, 4.69) is 35.9 Å². The maximum atomic E-state index is 12.7. The zero-order chi connectivity index (χ0) is 46.9. The third-order valence-corrected chi connectivity index (χ3v) is 11.8. The Morgan fingerprint density at radius 1 is 0.587 bits per heavy atom. The Morgan fingerprint density at radius 3 is 1.76 bits per heavy atom. The lowest BCUT2D eigenvalue weighted by atomic mass is 9.99. The third kappa shape index (κ3) is 45.0. The van der Waals surface area contributed by atoms with E-state index in [4.69, 9.17) is 23.8 Å². The van der Waals surface area contributed by atoms with Crippen LogP contribution in [0.5, 0.6) is 0 Å². The second-order valence-electron chi connectivity index (χ2n) is 16.5. The van der Waals surface area contributed by atoms with Crippen LogP contribution in [0.1, 0.15) is 188 Å². The molecule has 2 unspecified atom stereocenters. The molecule has 368 valence electrons. The predicted octanol–water partition coefficient (Wildman–Crippen LogP) is 11.4. The van der Waals surface area contributed by atoms with E-state index in [0.29, 0.717) is 32.1 Å². The standard InChI is InChI=1S/C47H86O14P2/c1-4-6-7-8-18-24-29-34-43(48)35-30-25-20-17-22-26-31-36-46(50)57-40-45(41-60-63(55,56)59-39-44(49)38-58-62(52,53)54)61-47(51)37-32-27-21-16-14-12-10-9-11-13-15-19-23-28-33-42(3)5-2/h17-18,22,24-25,29-30,34,42-45,48-49H,4-16,19-21,23,26-28,31-33,35-41H2,1-3H3,(H,55,56)(H2,52,53,54)/b22-17+,24-18-,30-25-,34-29-/t42?,43-,44+,45-/m1/s1. The van der Waals surface area contributed by atoms with Gasteiger partial charge in [-0.15, -0.1) is 0 Å². The van der Waals surface area contributed by atoms with Gasteiger partial charge in [0, 0.05) is 12.8 Å². The number of hydrogen-bond donors (Lipinski definition) is 5. The maximum absolute atomic E-state index is 12.7. The highest BCUT2D eigenvalue weighted by molar-refractivity contribution is 7.47. The second kappa shape index (κ2) is 41.5. The number of aliphatic hydroxyl groups is 2. The smallest absolute Gasteiger partial charge is 0.462 e. The molecule has 63 heavy (non-hydrogen) atoms. The zero-order valence-electron chi connectivity index (χ0n) is 38.9. The number of carbonyl (C=O) groups excluding carboxylic acids is 2. The normalized spacial score (nSPS) is 15.4. The molecule has 0 rings (SSSR count). The Kier molecular flexibility index (Phi) is 40.2. The molecular formula is C47H86O14P2. The average Bonchev–Trinajstić information content (AvgIpc) is 3.24. The van der Waals surface area contributed by atoms with Crippen LogP contribution in [-0.2, 0) is 41.8 Å².